The van der Waals surface area contributed by atoms with Crippen molar-refractivity contribution in [3.8, 4) is 0 Å². The van der Waals surface area contributed by atoms with E-state index in [9.17, 15) is 0 Å². The number of aromatic nitrogens is 2. The molecule has 3 rings (SSSR count). The van der Waals surface area contributed by atoms with Crippen LogP contribution in [0.4, 0.5) is 0 Å². The largest absolute Gasteiger partial charge is 0.330 e. The van der Waals surface area contributed by atoms with Gasteiger partial charge in [-0.2, -0.15) is 0 Å². The number of rotatable bonds is 0. The summed E-state index contributed by atoms with van der Waals surface area (Å²) in [7, 11) is 0. The third-order valence-corrected chi connectivity index (χ3v) is 4.41. The molecule has 0 aromatic carbocycles. The molecule has 1 aliphatic carbocycles. The van der Waals surface area contributed by atoms with Crippen LogP contribution >= 0.6 is 0 Å². The van der Waals surface area contributed by atoms with Crippen molar-refractivity contribution >= 4 is 0 Å². The first-order valence-corrected chi connectivity index (χ1v) is 6.91. The van der Waals surface area contributed by atoms with E-state index in [1.54, 1.807) is 0 Å². The van der Waals surface area contributed by atoms with E-state index < -0.39 is 0 Å². The van der Waals surface area contributed by atoms with Crippen molar-refractivity contribution in [2.75, 3.05) is 0 Å². The van der Waals surface area contributed by atoms with Crippen LogP contribution in [0.3, 0.4) is 0 Å². The van der Waals surface area contributed by atoms with Gasteiger partial charge in [-0.3, -0.25) is 0 Å². The minimum Gasteiger partial charge on any atom is -0.330 e. The van der Waals surface area contributed by atoms with Crippen LogP contribution in [0.2, 0.25) is 0 Å². The molecule has 0 saturated heterocycles. The highest BCUT2D eigenvalue weighted by molar-refractivity contribution is 5.27. The maximum atomic E-state index is 6.15. The topological polar surface area (TPSA) is 43.8 Å². The second-order valence-corrected chi connectivity index (χ2v) is 6.26. The van der Waals surface area contributed by atoms with Crippen molar-refractivity contribution in [3.05, 3.63) is 17.2 Å². The molecular formula is C14H23N3. The van der Waals surface area contributed by atoms with Crippen LogP contribution in [0.5, 0.6) is 0 Å². The van der Waals surface area contributed by atoms with Gasteiger partial charge < -0.3 is 10.3 Å². The summed E-state index contributed by atoms with van der Waals surface area (Å²) in [5.41, 5.74) is 8.99. The molecule has 4 atom stereocenters. The molecule has 0 radical (unpaired) electrons. The predicted molar refractivity (Wildman–Crippen MR) is 69.1 cm³/mol. The zero-order valence-corrected chi connectivity index (χ0v) is 11.1. The van der Waals surface area contributed by atoms with E-state index in [0.717, 1.165) is 18.9 Å². The van der Waals surface area contributed by atoms with Crippen LogP contribution in [0.25, 0.3) is 0 Å². The van der Waals surface area contributed by atoms with Crippen LogP contribution in [0.1, 0.15) is 62.7 Å². The van der Waals surface area contributed by atoms with E-state index in [2.05, 4.69) is 25.3 Å². The van der Waals surface area contributed by atoms with Gasteiger partial charge in [0.1, 0.15) is 5.82 Å². The fraction of sp³-hybridized carbons (Fsp3) is 0.786. The van der Waals surface area contributed by atoms with Gasteiger partial charge in [-0.15, -0.1) is 0 Å². The molecule has 1 aromatic heterocycles. The Balaban J connectivity index is 2.09. The Morgan fingerprint density at radius 3 is 2.71 bits per heavy atom. The fourth-order valence-corrected chi connectivity index (χ4v) is 3.71. The second-order valence-electron chi connectivity index (χ2n) is 6.26. The minimum atomic E-state index is 0.309. The third-order valence-electron chi connectivity index (χ3n) is 4.41. The normalized spacial score (nSPS) is 36.5. The first-order chi connectivity index (χ1) is 8.06. The number of hydrogen-bond acceptors (Lipinski definition) is 2. The van der Waals surface area contributed by atoms with Crippen molar-refractivity contribution in [1.82, 2.24) is 9.55 Å². The zero-order valence-electron chi connectivity index (χ0n) is 11.1. The van der Waals surface area contributed by atoms with Gasteiger partial charge >= 0.3 is 0 Å². The lowest BCUT2D eigenvalue weighted by Gasteiger charge is -2.29. The standard InChI is InChI=1S/C14H23N3/c1-8-4-9(2)13-12(5-8)17-7-11(15)6-10(3)14(17)16-13/h8-11H,4-7,15H2,1-3H3. The molecule has 17 heavy (non-hydrogen) atoms. The molecule has 2 aliphatic rings. The average Bonchev–Trinajstić information content (AvgIpc) is 2.58. The van der Waals surface area contributed by atoms with Crippen LogP contribution in [0, 0.1) is 5.92 Å². The molecule has 1 aliphatic heterocycles. The number of fused-ring (bicyclic) bond motifs is 3. The van der Waals surface area contributed by atoms with Crippen LogP contribution in [-0.2, 0) is 13.0 Å². The summed E-state index contributed by atoms with van der Waals surface area (Å²) in [5.74, 6) is 3.21. The van der Waals surface area contributed by atoms with E-state index >= 15 is 0 Å². The maximum Gasteiger partial charge on any atom is 0.112 e. The Morgan fingerprint density at radius 1 is 1.18 bits per heavy atom. The molecule has 3 nitrogen and oxygen atoms in total. The number of nitrogens with two attached hydrogens (primary N) is 1. The van der Waals surface area contributed by atoms with E-state index in [1.807, 2.05) is 0 Å². The molecule has 3 heteroatoms. The first kappa shape index (κ1) is 11.3. The number of imidazole rings is 1. The van der Waals surface area contributed by atoms with Gasteiger partial charge in [-0.25, -0.2) is 4.98 Å². The molecule has 0 bridgehead atoms. The smallest absolute Gasteiger partial charge is 0.112 e. The third kappa shape index (κ3) is 1.71. The van der Waals surface area contributed by atoms with Gasteiger partial charge in [0.05, 0.1) is 5.69 Å². The molecule has 94 valence electrons. The molecular weight excluding hydrogens is 210 g/mol. The molecule has 0 amide bonds. The van der Waals surface area contributed by atoms with Gasteiger partial charge in [-0.1, -0.05) is 20.8 Å². The zero-order chi connectivity index (χ0) is 12.2. The van der Waals surface area contributed by atoms with Crippen molar-refractivity contribution in [3.63, 3.8) is 0 Å². The lowest BCUT2D eigenvalue weighted by molar-refractivity contribution is 0.383. The monoisotopic (exact) mass is 233 g/mol. The minimum absolute atomic E-state index is 0.309. The average molecular weight is 233 g/mol. The highest BCUT2D eigenvalue weighted by atomic mass is 15.1. The Morgan fingerprint density at radius 2 is 1.94 bits per heavy atom. The SMILES string of the molecule is CC1Cc2c(nc3n2CC(N)CC3C)C(C)C1. The van der Waals surface area contributed by atoms with Crippen LogP contribution in [0.15, 0.2) is 0 Å². The molecule has 2 N–H and O–H groups in total. The van der Waals surface area contributed by atoms with Gasteiger partial charge in [0.25, 0.3) is 0 Å². The Hall–Kier alpha value is -0.830. The summed E-state index contributed by atoms with van der Waals surface area (Å²) in [6.45, 7) is 7.91. The van der Waals surface area contributed by atoms with Gasteiger partial charge in [0.15, 0.2) is 0 Å². The molecule has 1 aromatic rings. The second kappa shape index (κ2) is 3.84. The van der Waals surface area contributed by atoms with Crippen molar-refractivity contribution < 1.29 is 0 Å². The van der Waals surface area contributed by atoms with Gasteiger partial charge in [0, 0.05) is 30.1 Å². The van der Waals surface area contributed by atoms with E-state index in [-0.39, 0.29) is 0 Å². The van der Waals surface area contributed by atoms with Crippen molar-refractivity contribution in [2.45, 2.75) is 64.5 Å². The highest BCUT2D eigenvalue weighted by Crippen LogP contribution is 2.38. The molecule has 4 unspecified atom stereocenters. The van der Waals surface area contributed by atoms with Gasteiger partial charge in [-0.05, 0) is 25.2 Å². The first-order valence-electron chi connectivity index (χ1n) is 6.91. The fourth-order valence-electron chi connectivity index (χ4n) is 3.71. The van der Waals surface area contributed by atoms with Crippen molar-refractivity contribution in [2.24, 2.45) is 11.7 Å². The summed E-state index contributed by atoms with van der Waals surface area (Å²) in [4.78, 5) is 4.93. The Labute approximate surface area is 103 Å². The maximum absolute atomic E-state index is 6.15. The number of nitrogens with zero attached hydrogens (tertiary/aromatic N) is 2. The summed E-state index contributed by atoms with van der Waals surface area (Å²) in [5, 5.41) is 0. The highest BCUT2D eigenvalue weighted by Gasteiger charge is 2.32. The van der Waals surface area contributed by atoms with Gasteiger partial charge in [0.2, 0.25) is 0 Å². The quantitative estimate of drug-likeness (QED) is 0.748. The van der Waals surface area contributed by atoms with E-state index in [4.69, 9.17) is 10.7 Å². The summed E-state index contributed by atoms with van der Waals surface area (Å²) < 4.78 is 2.43. The van der Waals surface area contributed by atoms with E-state index in [0.29, 0.717) is 17.9 Å². The molecule has 0 fully saturated rings. The lowest BCUT2D eigenvalue weighted by atomic mass is 9.84. The molecule has 0 saturated carbocycles. The Kier molecular flexibility index (Phi) is 2.54. The number of hydrogen-bond donors (Lipinski definition) is 1. The molecule has 2 heterocycles. The van der Waals surface area contributed by atoms with Crippen LogP contribution < -0.4 is 5.73 Å². The molecule has 0 spiro atoms. The van der Waals surface area contributed by atoms with Crippen LogP contribution in [-0.4, -0.2) is 15.6 Å². The Bertz CT molecular complexity index is 396. The summed E-state index contributed by atoms with van der Waals surface area (Å²) in [6.07, 6.45) is 3.55. The lowest BCUT2D eigenvalue weighted by Crippen LogP contribution is -2.34. The van der Waals surface area contributed by atoms with Crippen molar-refractivity contribution in [1.29, 1.82) is 0 Å². The van der Waals surface area contributed by atoms with E-state index in [1.165, 1.54) is 30.1 Å². The summed E-state index contributed by atoms with van der Waals surface area (Å²) in [6, 6.07) is 0.309. The summed E-state index contributed by atoms with van der Waals surface area (Å²) >= 11 is 0. The predicted octanol–water partition coefficient (Wildman–Crippen LogP) is 2.40.